The van der Waals surface area contributed by atoms with E-state index in [0.29, 0.717) is 11.6 Å². The van der Waals surface area contributed by atoms with Crippen molar-refractivity contribution in [3.8, 4) is 0 Å². The van der Waals surface area contributed by atoms with Gasteiger partial charge in [0.1, 0.15) is 5.69 Å². The van der Waals surface area contributed by atoms with Crippen molar-refractivity contribution in [2.45, 2.75) is 32.7 Å². The molecule has 1 unspecified atom stereocenters. The van der Waals surface area contributed by atoms with Crippen LogP contribution in [0, 0.1) is 0 Å². The summed E-state index contributed by atoms with van der Waals surface area (Å²) in [6.45, 7) is 8.78. The molecule has 1 atom stereocenters. The normalized spacial score (nSPS) is 20.9. The number of carbonyl (C=O) groups is 1. The number of thiazole rings is 1. The predicted octanol–water partition coefficient (Wildman–Crippen LogP) is 1.70. The molecule has 1 aliphatic rings. The maximum atomic E-state index is 12.3. The summed E-state index contributed by atoms with van der Waals surface area (Å²) < 4.78 is 0. The third kappa shape index (κ3) is 2.66. The van der Waals surface area contributed by atoms with E-state index < -0.39 is 0 Å². The first kappa shape index (κ1) is 12.5. The van der Waals surface area contributed by atoms with Crippen molar-refractivity contribution in [3.63, 3.8) is 0 Å². The van der Waals surface area contributed by atoms with Crippen molar-refractivity contribution in [3.05, 3.63) is 16.1 Å². The summed E-state index contributed by atoms with van der Waals surface area (Å²) in [5.74, 6) is 0.462. The van der Waals surface area contributed by atoms with E-state index in [1.54, 1.807) is 11.3 Å². The molecule has 94 valence electrons. The van der Waals surface area contributed by atoms with Gasteiger partial charge in [-0.15, -0.1) is 11.3 Å². The lowest BCUT2D eigenvalue weighted by Gasteiger charge is -2.33. The lowest BCUT2D eigenvalue weighted by Crippen LogP contribution is -2.52. The van der Waals surface area contributed by atoms with E-state index in [0.717, 1.165) is 24.6 Å². The summed E-state index contributed by atoms with van der Waals surface area (Å²) in [4.78, 5) is 18.6. The highest BCUT2D eigenvalue weighted by Crippen LogP contribution is 2.20. The Morgan fingerprint density at radius 2 is 2.41 bits per heavy atom. The molecule has 1 N–H and O–H groups in total. The highest BCUT2D eigenvalue weighted by atomic mass is 32.1. The second-order valence-electron chi connectivity index (χ2n) is 4.78. The first-order chi connectivity index (χ1) is 8.09. The Morgan fingerprint density at radius 3 is 3.00 bits per heavy atom. The third-order valence-electron chi connectivity index (χ3n) is 3.00. The molecule has 1 amide bonds. The van der Waals surface area contributed by atoms with Gasteiger partial charge >= 0.3 is 0 Å². The number of piperazine rings is 1. The van der Waals surface area contributed by atoms with Gasteiger partial charge in [0.15, 0.2) is 0 Å². The van der Waals surface area contributed by atoms with Crippen LogP contribution < -0.4 is 5.32 Å². The Kier molecular flexibility index (Phi) is 3.79. The molecule has 0 bridgehead atoms. The molecule has 17 heavy (non-hydrogen) atoms. The van der Waals surface area contributed by atoms with Gasteiger partial charge in [-0.3, -0.25) is 4.79 Å². The summed E-state index contributed by atoms with van der Waals surface area (Å²) in [5.41, 5.74) is 0.604. The molecule has 1 aliphatic heterocycles. The van der Waals surface area contributed by atoms with E-state index in [2.05, 4.69) is 31.1 Å². The van der Waals surface area contributed by atoms with Crippen molar-refractivity contribution in [2.24, 2.45) is 0 Å². The van der Waals surface area contributed by atoms with E-state index in [-0.39, 0.29) is 11.9 Å². The van der Waals surface area contributed by atoms with Crippen LogP contribution >= 0.6 is 11.3 Å². The summed E-state index contributed by atoms with van der Waals surface area (Å²) in [7, 11) is 0. The van der Waals surface area contributed by atoms with Crippen molar-refractivity contribution < 1.29 is 4.79 Å². The molecule has 1 saturated heterocycles. The fraction of sp³-hybridized carbons (Fsp3) is 0.667. The Balaban J connectivity index is 2.12. The average Bonchev–Trinajstić information content (AvgIpc) is 2.78. The van der Waals surface area contributed by atoms with Crippen molar-refractivity contribution in [1.29, 1.82) is 0 Å². The zero-order chi connectivity index (χ0) is 12.4. The number of nitrogens with zero attached hydrogens (tertiary/aromatic N) is 2. The minimum Gasteiger partial charge on any atom is -0.332 e. The van der Waals surface area contributed by atoms with Gasteiger partial charge in [0.2, 0.25) is 0 Å². The number of amides is 1. The molecule has 0 saturated carbocycles. The van der Waals surface area contributed by atoms with Gasteiger partial charge in [-0.2, -0.15) is 0 Å². The quantitative estimate of drug-likeness (QED) is 0.872. The second-order valence-corrected chi connectivity index (χ2v) is 5.67. The monoisotopic (exact) mass is 253 g/mol. The van der Waals surface area contributed by atoms with Gasteiger partial charge in [-0.25, -0.2) is 4.98 Å². The van der Waals surface area contributed by atoms with Crippen LogP contribution in [0.5, 0.6) is 0 Å². The second kappa shape index (κ2) is 5.14. The summed E-state index contributed by atoms with van der Waals surface area (Å²) in [6, 6.07) is 0.250. The van der Waals surface area contributed by atoms with Gasteiger partial charge in [-0.05, 0) is 6.92 Å². The molecule has 2 rings (SSSR count). The number of nitrogens with one attached hydrogen (secondary N) is 1. The fourth-order valence-electron chi connectivity index (χ4n) is 1.94. The summed E-state index contributed by atoms with van der Waals surface area (Å²) in [6.07, 6.45) is 0. The molecule has 0 radical (unpaired) electrons. The van der Waals surface area contributed by atoms with E-state index in [4.69, 9.17) is 0 Å². The van der Waals surface area contributed by atoms with Crippen molar-refractivity contribution in [1.82, 2.24) is 15.2 Å². The average molecular weight is 253 g/mol. The van der Waals surface area contributed by atoms with Crippen LogP contribution in [0.3, 0.4) is 0 Å². The molecule has 5 heteroatoms. The Bertz CT molecular complexity index is 402. The summed E-state index contributed by atoms with van der Waals surface area (Å²) in [5, 5.41) is 6.20. The lowest BCUT2D eigenvalue weighted by atomic mass is 10.2. The fourth-order valence-corrected chi connectivity index (χ4v) is 2.75. The van der Waals surface area contributed by atoms with Gasteiger partial charge < -0.3 is 10.2 Å². The summed E-state index contributed by atoms with van der Waals surface area (Å²) >= 11 is 1.58. The lowest BCUT2D eigenvalue weighted by molar-refractivity contribution is 0.0650. The highest BCUT2D eigenvalue weighted by Gasteiger charge is 2.25. The van der Waals surface area contributed by atoms with Crippen molar-refractivity contribution in [2.75, 3.05) is 19.6 Å². The molecule has 0 aromatic carbocycles. The molecule has 0 spiro atoms. The van der Waals surface area contributed by atoms with Crippen LogP contribution in [0.1, 0.15) is 42.2 Å². The van der Waals surface area contributed by atoms with Crippen LogP contribution in [0.15, 0.2) is 5.38 Å². The number of hydrogen-bond donors (Lipinski definition) is 1. The van der Waals surface area contributed by atoms with Crippen LogP contribution in [-0.2, 0) is 0 Å². The smallest absolute Gasteiger partial charge is 0.273 e. The van der Waals surface area contributed by atoms with E-state index in [1.807, 2.05) is 10.3 Å². The van der Waals surface area contributed by atoms with Crippen LogP contribution in [-0.4, -0.2) is 41.5 Å². The number of aromatic nitrogens is 1. The Labute approximate surface area is 106 Å². The first-order valence-corrected chi connectivity index (χ1v) is 6.94. The highest BCUT2D eigenvalue weighted by molar-refractivity contribution is 7.09. The van der Waals surface area contributed by atoms with E-state index >= 15 is 0 Å². The first-order valence-electron chi connectivity index (χ1n) is 6.06. The Hall–Kier alpha value is -0.940. The molecule has 1 fully saturated rings. The minimum atomic E-state index is 0.0714. The predicted molar refractivity (Wildman–Crippen MR) is 69.6 cm³/mol. The van der Waals surface area contributed by atoms with Gasteiger partial charge in [0, 0.05) is 37.0 Å². The van der Waals surface area contributed by atoms with Crippen LogP contribution in [0.4, 0.5) is 0 Å². The number of carbonyl (C=O) groups excluding carboxylic acids is 1. The number of rotatable bonds is 2. The maximum Gasteiger partial charge on any atom is 0.273 e. The zero-order valence-corrected chi connectivity index (χ0v) is 11.4. The molecule has 4 nitrogen and oxygen atoms in total. The van der Waals surface area contributed by atoms with Crippen LogP contribution in [0.2, 0.25) is 0 Å². The minimum absolute atomic E-state index is 0.0714. The van der Waals surface area contributed by atoms with Crippen LogP contribution in [0.25, 0.3) is 0 Å². The topological polar surface area (TPSA) is 45.2 Å². The third-order valence-corrected chi connectivity index (χ3v) is 4.14. The SMILES string of the molecule is CC(C)c1nc(C(=O)N2CCNCC2C)cs1. The molecule has 1 aromatic rings. The van der Waals surface area contributed by atoms with Gasteiger partial charge in [-0.1, -0.05) is 13.8 Å². The maximum absolute atomic E-state index is 12.3. The van der Waals surface area contributed by atoms with Crippen molar-refractivity contribution >= 4 is 17.2 Å². The van der Waals surface area contributed by atoms with Gasteiger partial charge in [0.05, 0.1) is 5.01 Å². The number of hydrogen-bond acceptors (Lipinski definition) is 4. The zero-order valence-electron chi connectivity index (χ0n) is 10.6. The standard InChI is InChI=1S/C12H19N3OS/c1-8(2)11-14-10(7-17-11)12(16)15-5-4-13-6-9(15)3/h7-9,13H,4-6H2,1-3H3. The van der Waals surface area contributed by atoms with E-state index in [1.165, 1.54) is 0 Å². The van der Waals surface area contributed by atoms with Gasteiger partial charge in [0.25, 0.3) is 5.91 Å². The molecular formula is C12H19N3OS. The molecular weight excluding hydrogens is 234 g/mol. The molecule has 2 heterocycles. The largest absolute Gasteiger partial charge is 0.332 e. The Morgan fingerprint density at radius 1 is 1.65 bits per heavy atom. The molecule has 1 aromatic heterocycles. The molecule has 0 aliphatic carbocycles. The van der Waals surface area contributed by atoms with E-state index in [9.17, 15) is 4.79 Å².